The van der Waals surface area contributed by atoms with Gasteiger partial charge in [-0.05, 0) is 44.9 Å². The van der Waals surface area contributed by atoms with E-state index in [0.29, 0.717) is 6.42 Å². The second-order valence-electron chi connectivity index (χ2n) is 7.54. The zero-order valence-corrected chi connectivity index (χ0v) is 16.0. The van der Waals surface area contributed by atoms with E-state index >= 15 is 0 Å². The Morgan fingerprint density at radius 1 is 0.875 bits per heavy atom. The third-order valence-corrected chi connectivity index (χ3v) is 4.84. The fraction of sp³-hybridized carbons (Fsp3) is 0.857. The van der Waals surface area contributed by atoms with Crippen LogP contribution in [0.15, 0.2) is 12.2 Å². The van der Waals surface area contributed by atoms with Crippen LogP contribution in [0.4, 0.5) is 0 Å². The molecular weight excluding hydrogens is 296 g/mol. The summed E-state index contributed by atoms with van der Waals surface area (Å²) in [6, 6.07) is 0. The molecule has 1 aliphatic rings. The first kappa shape index (κ1) is 21.2. The fourth-order valence-electron chi connectivity index (χ4n) is 2.96. The van der Waals surface area contributed by atoms with Gasteiger partial charge < -0.3 is 11.1 Å². The second-order valence-corrected chi connectivity index (χ2v) is 7.54. The Morgan fingerprint density at radius 3 is 1.92 bits per heavy atom. The minimum absolute atomic E-state index is 0.132. The number of hydrogen-bond acceptors (Lipinski definition) is 2. The highest BCUT2D eigenvalue weighted by molar-refractivity contribution is 5.77. The van der Waals surface area contributed by atoms with Crippen molar-refractivity contribution < 1.29 is 4.79 Å². The van der Waals surface area contributed by atoms with Crippen LogP contribution in [0.1, 0.15) is 110 Å². The predicted octanol–water partition coefficient (Wildman–Crippen LogP) is 5.59. The van der Waals surface area contributed by atoms with Crippen molar-refractivity contribution in [3.63, 3.8) is 0 Å². The molecule has 1 saturated carbocycles. The molecule has 3 nitrogen and oxygen atoms in total. The average molecular weight is 337 g/mol. The molecular formula is C21H40N2O. The van der Waals surface area contributed by atoms with Crippen LogP contribution in [0.2, 0.25) is 0 Å². The van der Waals surface area contributed by atoms with Crippen molar-refractivity contribution in [1.29, 1.82) is 0 Å². The normalized spacial score (nSPS) is 15.8. The van der Waals surface area contributed by atoms with Gasteiger partial charge in [-0.2, -0.15) is 0 Å². The molecule has 0 aromatic rings. The zero-order chi connectivity index (χ0) is 17.5. The van der Waals surface area contributed by atoms with Crippen molar-refractivity contribution >= 4 is 5.91 Å². The third kappa shape index (κ3) is 12.6. The molecule has 0 unspecified atom stereocenters. The molecule has 140 valence electrons. The summed E-state index contributed by atoms with van der Waals surface area (Å²) in [6.45, 7) is 2.27. The van der Waals surface area contributed by atoms with Gasteiger partial charge in [0.05, 0.1) is 5.66 Å². The molecule has 3 N–H and O–H groups in total. The first-order valence-corrected chi connectivity index (χ1v) is 10.4. The van der Waals surface area contributed by atoms with Crippen LogP contribution in [0.5, 0.6) is 0 Å². The molecule has 1 aliphatic carbocycles. The molecule has 1 rings (SSSR count). The number of carbonyl (C=O) groups excluding carboxylic acids is 1. The number of rotatable bonds is 16. The predicted molar refractivity (Wildman–Crippen MR) is 104 cm³/mol. The lowest BCUT2D eigenvalue weighted by Gasteiger charge is -2.11. The maximum absolute atomic E-state index is 11.6. The van der Waals surface area contributed by atoms with Crippen LogP contribution < -0.4 is 11.1 Å². The average Bonchev–Trinajstić information content (AvgIpc) is 3.28. The number of allylic oxidation sites excluding steroid dienone is 2. The molecule has 0 aromatic heterocycles. The lowest BCUT2D eigenvalue weighted by Crippen LogP contribution is -2.43. The first-order valence-electron chi connectivity index (χ1n) is 10.4. The minimum Gasteiger partial charge on any atom is -0.338 e. The monoisotopic (exact) mass is 336 g/mol. The molecule has 24 heavy (non-hydrogen) atoms. The van der Waals surface area contributed by atoms with Crippen molar-refractivity contribution in [3.8, 4) is 0 Å². The maximum atomic E-state index is 11.6. The molecule has 0 radical (unpaired) electrons. The molecule has 1 amide bonds. The SMILES string of the molecule is CCCCCCCC/C=C\CCCCCCCC(=O)NC1(N)CC1. The smallest absolute Gasteiger partial charge is 0.221 e. The summed E-state index contributed by atoms with van der Waals surface area (Å²) in [5.41, 5.74) is 5.52. The number of nitrogens with one attached hydrogen (secondary N) is 1. The van der Waals surface area contributed by atoms with E-state index in [1.807, 2.05) is 0 Å². The van der Waals surface area contributed by atoms with Gasteiger partial charge in [-0.1, -0.05) is 70.4 Å². The zero-order valence-electron chi connectivity index (χ0n) is 16.0. The number of unbranched alkanes of at least 4 members (excludes halogenated alkanes) is 11. The Kier molecular flexibility index (Phi) is 11.9. The molecule has 0 atom stereocenters. The Labute approximate surface area is 149 Å². The van der Waals surface area contributed by atoms with Gasteiger partial charge in [-0.25, -0.2) is 0 Å². The molecule has 0 aliphatic heterocycles. The van der Waals surface area contributed by atoms with Gasteiger partial charge in [0.2, 0.25) is 5.91 Å². The standard InChI is InChI=1S/C21H40N2O/c1-2-3-4-5-6-7-8-9-10-11-12-13-14-15-16-17-20(24)23-21(22)18-19-21/h9-10H,2-8,11-19,22H2,1H3,(H,23,24)/b10-9-. The molecule has 3 heteroatoms. The second kappa shape index (κ2) is 13.5. The van der Waals surface area contributed by atoms with Gasteiger partial charge in [-0.15, -0.1) is 0 Å². The summed E-state index contributed by atoms with van der Waals surface area (Å²) in [5, 5.41) is 2.91. The topological polar surface area (TPSA) is 55.1 Å². The van der Waals surface area contributed by atoms with E-state index in [0.717, 1.165) is 25.7 Å². The van der Waals surface area contributed by atoms with Crippen molar-refractivity contribution in [2.24, 2.45) is 5.73 Å². The van der Waals surface area contributed by atoms with Crippen molar-refractivity contribution in [3.05, 3.63) is 12.2 Å². The first-order chi connectivity index (χ1) is 11.7. The van der Waals surface area contributed by atoms with Crippen molar-refractivity contribution in [2.75, 3.05) is 0 Å². The summed E-state index contributed by atoms with van der Waals surface area (Å²) < 4.78 is 0. The lowest BCUT2D eigenvalue weighted by molar-refractivity contribution is -0.122. The Morgan fingerprint density at radius 2 is 1.38 bits per heavy atom. The lowest BCUT2D eigenvalue weighted by atomic mass is 10.1. The third-order valence-electron chi connectivity index (χ3n) is 4.84. The minimum atomic E-state index is -0.348. The van der Waals surface area contributed by atoms with Crippen molar-refractivity contribution in [1.82, 2.24) is 5.32 Å². The maximum Gasteiger partial charge on any atom is 0.221 e. The molecule has 0 spiro atoms. The Bertz CT molecular complexity index is 348. The number of hydrogen-bond donors (Lipinski definition) is 2. The molecule has 0 bridgehead atoms. The van der Waals surface area contributed by atoms with Gasteiger partial charge in [-0.3, -0.25) is 4.79 Å². The Balaban J connectivity index is 1.75. The summed E-state index contributed by atoms with van der Waals surface area (Å²) >= 11 is 0. The summed E-state index contributed by atoms with van der Waals surface area (Å²) in [4.78, 5) is 11.6. The van der Waals surface area contributed by atoms with Gasteiger partial charge in [0.1, 0.15) is 0 Å². The van der Waals surface area contributed by atoms with Crippen LogP contribution in [-0.4, -0.2) is 11.6 Å². The van der Waals surface area contributed by atoms with E-state index in [-0.39, 0.29) is 11.6 Å². The highest BCUT2D eigenvalue weighted by Crippen LogP contribution is 2.28. The van der Waals surface area contributed by atoms with Crippen LogP contribution in [-0.2, 0) is 4.79 Å². The largest absolute Gasteiger partial charge is 0.338 e. The van der Waals surface area contributed by atoms with E-state index < -0.39 is 0 Å². The van der Waals surface area contributed by atoms with E-state index in [1.54, 1.807) is 0 Å². The van der Waals surface area contributed by atoms with Crippen LogP contribution >= 0.6 is 0 Å². The quantitative estimate of drug-likeness (QED) is 0.219. The summed E-state index contributed by atoms with van der Waals surface area (Å²) in [7, 11) is 0. The van der Waals surface area contributed by atoms with Gasteiger partial charge in [0, 0.05) is 6.42 Å². The van der Waals surface area contributed by atoms with Crippen LogP contribution in [0.25, 0.3) is 0 Å². The number of carbonyl (C=O) groups is 1. The van der Waals surface area contributed by atoms with Gasteiger partial charge in [0.25, 0.3) is 0 Å². The number of amides is 1. The fourth-order valence-corrected chi connectivity index (χ4v) is 2.96. The van der Waals surface area contributed by atoms with Crippen LogP contribution in [0.3, 0.4) is 0 Å². The van der Waals surface area contributed by atoms with E-state index in [9.17, 15) is 4.79 Å². The molecule has 0 saturated heterocycles. The Hall–Kier alpha value is -0.830. The van der Waals surface area contributed by atoms with E-state index in [1.165, 1.54) is 70.6 Å². The van der Waals surface area contributed by atoms with E-state index in [4.69, 9.17) is 5.73 Å². The van der Waals surface area contributed by atoms with Gasteiger partial charge in [0.15, 0.2) is 0 Å². The van der Waals surface area contributed by atoms with Gasteiger partial charge >= 0.3 is 0 Å². The summed E-state index contributed by atoms with van der Waals surface area (Å²) in [6.07, 6.45) is 24.0. The highest BCUT2D eigenvalue weighted by atomic mass is 16.1. The highest BCUT2D eigenvalue weighted by Gasteiger charge is 2.39. The van der Waals surface area contributed by atoms with E-state index in [2.05, 4.69) is 24.4 Å². The van der Waals surface area contributed by atoms with Crippen molar-refractivity contribution in [2.45, 2.75) is 115 Å². The van der Waals surface area contributed by atoms with Crippen LogP contribution in [0, 0.1) is 0 Å². The summed E-state index contributed by atoms with van der Waals surface area (Å²) in [5.74, 6) is 0.132. The number of nitrogens with two attached hydrogens (primary N) is 1. The molecule has 1 fully saturated rings. The molecule has 0 heterocycles. The molecule has 0 aromatic carbocycles.